The van der Waals surface area contributed by atoms with Gasteiger partial charge in [0.25, 0.3) is 0 Å². The average molecular weight is 331 g/mol. The summed E-state index contributed by atoms with van der Waals surface area (Å²) in [5, 5.41) is 9.58. The van der Waals surface area contributed by atoms with E-state index in [4.69, 9.17) is 4.74 Å². The van der Waals surface area contributed by atoms with E-state index >= 15 is 0 Å². The van der Waals surface area contributed by atoms with Crippen LogP contribution < -0.4 is 4.74 Å². The number of benzene rings is 1. The molecule has 0 bridgehead atoms. The van der Waals surface area contributed by atoms with Crippen molar-refractivity contribution in [2.45, 2.75) is 19.6 Å². The fraction of sp³-hybridized carbons (Fsp3) is 0.231. The molecule has 0 radical (unpaired) electrons. The third kappa shape index (κ3) is 3.31. The molecule has 2 rings (SSSR count). The first-order valence-electron chi connectivity index (χ1n) is 5.41. The molecule has 0 saturated heterocycles. The number of ether oxygens (including phenoxy) is 1. The molecule has 1 aromatic carbocycles. The van der Waals surface area contributed by atoms with E-state index in [9.17, 15) is 9.50 Å². The van der Waals surface area contributed by atoms with Gasteiger partial charge in [-0.3, -0.25) is 0 Å². The molecule has 1 N–H and O–H groups in total. The minimum Gasteiger partial charge on any atom is -0.488 e. The number of rotatable bonds is 4. The van der Waals surface area contributed by atoms with Crippen molar-refractivity contribution < 1.29 is 14.2 Å². The molecular formula is C13H12BrFO2S. The van der Waals surface area contributed by atoms with E-state index in [0.717, 1.165) is 8.66 Å². The van der Waals surface area contributed by atoms with Crippen LogP contribution in [-0.2, 0) is 6.61 Å². The van der Waals surface area contributed by atoms with Crippen molar-refractivity contribution in [3.05, 3.63) is 50.4 Å². The van der Waals surface area contributed by atoms with Crippen LogP contribution in [-0.4, -0.2) is 5.11 Å². The normalized spacial score (nSPS) is 12.4. The lowest BCUT2D eigenvalue weighted by atomic mass is 10.1. The summed E-state index contributed by atoms with van der Waals surface area (Å²) >= 11 is 4.96. The van der Waals surface area contributed by atoms with E-state index in [1.54, 1.807) is 24.3 Å². The maximum absolute atomic E-state index is 13.1. The topological polar surface area (TPSA) is 29.5 Å². The number of hydrogen-bond donors (Lipinski definition) is 1. The monoisotopic (exact) mass is 330 g/mol. The van der Waals surface area contributed by atoms with E-state index in [1.165, 1.54) is 12.1 Å². The smallest absolute Gasteiger partial charge is 0.125 e. The van der Waals surface area contributed by atoms with Crippen molar-refractivity contribution in [2.75, 3.05) is 0 Å². The van der Waals surface area contributed by atoms with E-state index in [0.29, 0.717) is 17.9 Å². The van der Waals surface area contributed by atoms with Crippen LogP contribution in [0.15, 0.2) is 34.1 Å². The molecule has 0 fully saturated rings. The molecule has 2 nitrogen and oxygen atoms in total. The molecule has 5 heteroatoms. The Morgan fingerprint density at radius 3 is 2.78 bits per heavy atom. The molecule has 18 heavy (non-hydrogen) atoms. The second-order valence-corrected chi connectivity index (χ2v) is 6.40. The Labute approximate surface area is 117 Å². The molecular weight excluding hydrogens is 319 g/mol. The van der Waals surface area contributed by atoms with Crippen molar-refractivity contribution in [3.63, 3.8) is 0 Å². The maximum Gasteiger partial charge on any atom is 0.125 e. The summed E-state index contributed by atoms with van der Waals surface area (Å²) in [4.78, 5) is 1.06. The van der Waals surface area contributed by atoms with Crippen LogP contribution >= 0.6 is 27.3 Å². The summed E-state index contributed by atoms with van der Waals surface area (Å²) in [5.74, 6) is 0.132. The predicted molar refractivity (Wildman–Crippen MR) is 73.4 cm³/mol. The standard InChI is InChI=1S/C13H12BrFO2S/c1-8(16)11-6-9(15)2-4-12(11)17-7-10-3-5-13(14)18-10/h2-6,8,16H,7H2,1H3/t8-/m1/s1. The van der Waals surface area contributed by atoms with Crippen molar-refractivity contribution in [1.29, 1.82) is 0 Å². The number of halogens is 2. The van der Waals surface area contributed by atoms with Gasteiger partial charge in [0.15, 0.2) is 0 Å². The van der Waals surface area contributed by atoms with Crippen molar-refractivity contribution in [1.82, 2.24) is 0 Å². The van der Waals surface area contributed by atoms with Crippen molar-refractivity contribution >= 4 is 27.3 Å². The Bertz CT molecular complexity index is 540. The molecule has 96 valence electrons. The molecule has 0 aliphatic rings. The van der Waals surface area contributed by atoms with Crippen LogP contribution in [0.3, 0.4) is 0 Å². The summed E-state index contributed by atoms with van der Waals surface area (Å²) in [6.07, 6.45) is -0.759. The second-order valence-electron chi connectivity index (χ2n) is 3.85. The van der Waals surface area contributed by atoms with Crippen LogP contribution in [0.1, 0.15) is 23.5 Å². The quantitative estimate of drug-likeness (QED) is 0.906. The highest BCUT2D eigenvalue weighted by molar-refractivity contribution is 9.11. The fourth-order valence-electron chi connectivity index (χ4n) is 1.56. The summed E-state index contributed by atoms with van der Waals surface area (Å²) in [6.45, 7) is 1.99. The zero-order valence-electron chi connectivity index (χ0n) is 9.69. The van der Waals surface area contributed by atoms with Gasteiger partial charge in [0, 0.05) is 10.4 Å². The lowest BCUT2D eigenvalue weighted by molar-refractivity contribution is 0.189. The first-order chi connectivity index (χ1) is 8.56. The van der Waals surface area contributed by atoms with Crippen LogP contribution in [0.25, 0.3) is 0 Å². The van der Waals surface area contributed by atoms with Gasteiger partial charge in [0.05, 0.1) is 9.89 Å². The Balaban J connectivity index is 2.13. The highest BCUT2D eigenvalue weighted by atomic mass is 79.9. The molecule has 0 saturated carbocycles. The first kappa shape index (κ1) is 13.5. The Kier molecular flexibility index (Phi) is 4.37. The van der Waals surface area contributed by atoms with Crippen LogP contribution in [0.2, 0.25) is 0 Å². The summed E-state index contributed by atoms with van der Waals surface area (Å²) in [7, 11) is 0. The third-order valence-electron chi connectivity index (χ3n) is 2.42. The van der Waals surface area contributed by atoms with Gasteiger partial charge in [-0.15, -0.1) is 11.3 Å². The van der Waals surface area contributed by atoms with Gasteiger partial charge in [0.1, 0.15) is 18.2 Å². The van der Waals surface area contributed by atoms with Crippen molar-refractivity contribution in [2.24, 2.45) is 0 Å². The molecule has 0 aliphatic heterocycles. The van der Waals surface area contributed by atoms with E-state index in [2.05, 4.69) is 15.9 Å². The molecule has 1 heterocycles. The highest BCUT2D eigenvalue weighted by Crippen LogP contribution is 2.28. The number of aliphatic hydroxyl groups excluding tert-OH is 1. The van der Waals surface area contributed by atoms with E-state index < -0.39 is 6.10 Å². The SMILES string of the molecule is C[C@@H](O)c1cc(F)ccc1OCc1ccc(Br)s1. The fourth-order valence-corrected chi connectivity index (χ4v) is 2.95. The van der Waals surface area contributed by atoms with Gasteiger partial charge in [-0.25, -0.2) is 4.39 Å². The summed E-state index contributed by atoms with van der Waals surface area (Å²) in [6, 6.07) is 8.07. The van der Waals surface area contributed by atoms with E-state index in [-0.39, 0.29) is 5.82 Å². The number of aliphatic hydroxyl groups is 1. The second kappa shape index (κ2) is 5.82. The largest absolute Gasteiger partial charge is 0.488 e. The Hall–Kier alpha value is -0.910. The van der Waals surface area contributed by atoms with Gasteiger partial charge in [-0.1, -0.05) is 0 Å². The van der Waals surface area contributed by atoms with Gasteiger partial charge < -0.3 is 9.84 Å². The van der Waals surface area contributed by atoms with Crippen molar-refractivity contribution in [3.8, 4) is 5.75 Å². The third-order valence-corrected chi connectivity index (χ3v) is 4.02. The summed E-state index contributed by atoms with van der Waals surface area (Å²) in [5.41, 5.74) is 0.464. The zero-order valence-corrected chi connectivity index (χ0v) is 12.1. The number of thiophene rings is 1. The lowest BCUT2D eigenvalue weighted by Gasteiger charge is -2.12. The lowest BCUT2D eigenvalue weighted by Crippen LogP contribution is -2.00. The van der Waals surface area contributed by atoms with Gasteiger partial charge >= 0.3 is 0 Å². The molecule has 0 amide bonds. The zero-order chi connectivity index (χ0) is 13.1. The number of hydrogen-bond acceptors (Lipinski definition) is 3. The van der Waals surface area contributed by atoms with Gasteiger partial charge in [0.2, 0.25) is 0 Å². The van der Waals surface area contributed by atoms with Crippen LogP contribution in [0.5, 0.6) is 5.75 Å². The summed E-state index contributed by atoms with van der Waals surface area (Å²) < 4.78 is 19.8. The molecule has 0 unspecified atom stereocenters. The highest BCUT2D eigenvalue weighted by Gasteiger charge is 2.11. The molecule has 1 atom stereocenters. The minimum absolute atomic E-state index is 0.378. The molecule has 0 spiro atoms. The minimum atomic E-state index is -0.759. The predicted octanol–water partition coefficient (Wildman–Crippen LogP) is 4.28. The Morgan fingerprint density at radius 2 is 2.17 bits per heavy atom. The molecule has 2 aromatic rings. The van der Waals surface area contributed by atoms with Gasteiger partial charge in [-0.05, 0) is 53.2 Å². The van der Waals surface area contributed by atoms with Crippen LogP contribution in [0, 0.1) is 5.82 Å². The first-order valence-corrected chi connectivity index (χ1v) is 7.02. The average Bonchev–Trinajstić information content (AvgIpc) is 2.73. The molecule has 1 aromatic heterocycles. The Morgan fingerprint density at radius 1 is 1.39 bits per heavy atom. The maximum atomic E-state index is 13.1. The van der Waals surface area contributed by atoms with E-state index in [1.807, 2.05) is 12.1 Å². The molecule has 0 aliphatic carbocycles. The van der Waals surface area contributed by atoms with Gasteiger partial charge in [-0.2, -0.15) is 0 Å². The van der Waals surface area contributed by atoms with Crippen LogP contribution in [0.4, 0.5) is 4.39 Å².